The third-order valence-electron chi connectivity index (χ3n) is 10.4. The molecule has 8 nitrogen and oxygen atoms in total. The molecule has 2 rings (SSSR count). The molecule has 2 aliphatic rings. The van der Waals surface area contributed by atoms with Gasteiger partial charge in [-0.15, -0.1) is 0 Å². The van der Waals surface area contributed by atoms with E-state index in [0.717, 1.165) is 89.9 Å². The van der Waals surface area contributed by atoms with Crippen molar-refractivity contribution in [1.29, 1.82) is 0 Å². The molecule has 0 bridgehead atoms. The molecule has 0 aliphatic heterocycles. The Morgan fingerprint density at radius 1 is 0.488 bits per heavy atom. The van der Waals surface area contributed by atoms with Crippen molar-refractivity contribution >= 4 is 12.1 Å². The molecule has 4 amide bonds. The first-order valence-corrected chi connectivity index (χ1v) is 18.4. The molecule has 2 aliphatic carbocycles. The van der Waals surface area contributed by atoms with Crippen LogP contribution in [0.3, 0.4) is 0 Å². The van der Waals surface area contributed by atoms with Crippen LogP contribution in [-0.4, -0.2) is 96.1 Å². The van der Waals surface area contributed by atoms with E-state index in [0.29, 0.717) is 12.1 Å². The van der Waals surface area contributed by atoms with Crippen molar-refractivity contribution in [3.8, 4) is 0 Å². The molecular weight excluding hydrogens is 536 g/mol. The van der Waals surface area contributed by atoms with Crippen LogP contribution in [-0.2, 0) is 0 Å². The van der Waals surface area contributed by atoms with Crippen LogP contribution in [0, 0.1) is 11.8 Å². The highest BCUT2D eigenvalue weighted by Gasteiger charge is 2.32. The second-order valence-electron chi connectivity index (χ2n) is 13.7. The predicted molar refractivity (Wildman–Crippen MR) is 181 cm³/mol. The van der Waals surface area contributed by atoms with E-state index in [1.54, 1.807) is 0 Å². The summed E-state index contributed by atoms with van der Waals surface area (Å²) in [5, 5.41) is 0. The highest BCUT2D eigenvalue weighted by atomic mass is 16.2. The van der Waals surface area contributed by atoms with Gasteiger partial charge in [0.25, 0.3) is 0 Å². The Kier molecular flexibility index (Phi) is 19.3. The zero-order valence-electron chi connectivity index (χ0n) is 28.7. The number of unbranched alkanes of at least 4 members (excludes halogenated alkanes) is 4. The number of carbonyl (C=O) groups is 2. The SMILES string of the molecule is CCCCN(CCCC)CCN(C(N)=O)C1CCC(CC2CCC(N(CCN(CCCC)CCCC)C(N)=O)CC2)CC1. The van der Waals surface area contributed by atoms with E-state index < -0.39 is 0 Å². The smallest absolute Gasteiger partial charge is 0.315 e. The molecule has 0 unspecified atom stereocenters. The summed E-state index contributed by atoms with van der Waals surface area (Å²) in [5.74, 6) is 1.49. The van der Waals surface area contributed by atoms with Gasteiger partial charge in [-0.05, 0) is 121 Å². The number of hydrogen-bond acceptors (Lipinski definition) is 4. The Balaban J connectivity index is 1.78. The standard InChI is InChI=1S/C35H70N6O2/c1-5-9-21-38(22-10-6-2)25-27-40(34(36)42)32-17-13-30(14-18-32)29-31-15-19-33(20-16-31)41(35(37)43)28-26-39(23-11-7-3)24-12-8-4/h30-33H,5-29H2,1-4H3,(H2,36,42)(H2,37,43). The van der Waals surface area contributed by atoms with Crippen LogP contribution in [0.2, 0.25) is 0 Å². The van der Waals surface area contributed by atoms with Gasteiger partial charge in [0.2, 0.25) is 0 Å². The zero-order valence-corrected chi connectivity index (χ0v) is 28.7. The first kappa shape index (κ1) is 37.6. The molecule has 252 valence electrons. The van der Waals surface area contributed by atoms with E-state index in [1.165, 1.54) is 83.5 Å². The lowest BCUT2D eigenvalue weighted by atomic mass is 9.75. The summed E-state index contributed by atoms with van der Waals surface area (Å²) in [6, 6.07) is 0.0974. The second kappa shape index (κ2) is 22.0. The van der Waals surface area contributed by atoms with Crippen molar-refractivity contribution in [2.24, 2.45) is 23.3 Å². The maximum Gasteiger partial charge on any atom is 0.315 e. The maximum absolute atomic E-state index is 12.4. The Bertz CT molecular complexity index is 660. The summed E-state index contributed by atoms with van der Waals surface area (Å²) in [4.78, 5) is 33.9. The number of amides is 4. The summed E-state index contributed by atoms with van der Waals surface area (Å²) in [7, 11) is 0. The van der Waals surface area contributed by atoms with Crippen molar-refractivity contribution in [1.82, 2.24) is 19.6 Å². The molecule has 0 heterocycles. The Morgan fingerprint density at radius 3 is 1.05 bits per heavy atom. The van der Waals surface area contributed by atoms with Crippen LogP contribution < -0.4 is 11.5 Å². The molecule has 8 heteroatoms. The predicted octanol–water partition coefficient (Wildman–Crippen LogP) is 7.06. The van der Waals surface area contributed by atoms with Crippen molar-refractivity contribution in [2.45, 2.75) is 149 Å². The summed E-state index contributed by atoms with van der Waals surface area (Å²) < 4.78 is 0. The maximum atomic E-state index is 12.4. The monoisotopic (exact) mass is 607 g/mol. The number of carbonyl (C=O) groups excluding carboxylic acids is 2. The second-order valence-corrected chi connectivity index (χ2v) is 13.7. The minimum atomic E-state index is -0.245. The number of urea groups is 2. The fourth-order valence-electron chi connectivity index (χ4n) is 7.50. The highest BCUT2D eigenvalue weighted by Crippen LogP contribution is 2.37. The molecule has 0 atom stereocenters. The Hall–Kier alpha value is -1.54. The number of primary amides is 2. The van der Waals surface area contributed by atoms with E-state index in [2.05, 4.69) is 37.5 Å². The van der Waals surface area contributed by atoms with Gasteiger partial charge in [-0.25, -0.2) is 9.59 Å². The molecular formula is C35H70N6O2. The lowest BCUT2D eigenvalue weighted by Gasteiger charge is -2.40. The summed E-state index contributed by atoms with van der Waals surface area (Å²) in [6.45, 7) is 16.8. The number of nitrogens with two attached hydrogens (primary N) is 2. The normalized spacial score (nSPS) is 22.7. The van der Waals surface area contributed by atoms with E-state index in [4.69, 9.17) is 11.5 Å². The third kappa shape index (κ3) is 14.4. The van der Waals surface area contributed by atoms with Gasteiger partial charge in [-0.2, -0.15) is 0 Å². The largest absolute Gasteiger partial charge is 0.351 e. The van der Waals surface area contributed by atoms with Crippen LogP contribution >= 0.6 is 0 Å². The average molecular weight is 607 g/mol. The van der Waals surface area contributed by atoms with Gasteiger partial charge in [-0.3, -0.25) is 0 Å². The van der Waals surface area contributed by atoms with Crippen molar-refractivity contribution < 1.29 is 9.59 Å². The molecule has 0 aromatic heterocycles. The van der Waals surface area contributed by atoms with Crippen LogP contribution in [0.15, 0.2) is 0 Å². The van der Waals surface area contributed by atoms with Gasteiger partial charge >= 0.3 is 12.1 Å². The third-order valence-corrected chi connectivity index (χ3v) is 10.4. The first-order chi connectivity index (χ1) is 20.8. The molecule has 0 aromatic carbocycles. The van der Waals surface area contributed by atoms with Crippen molar-refractivity contribution in [3.05, 3.63) is 0 Å². The highest BCUT2D eigenvalue weighted by molar-refractivity contribution is 5.72. The van der Waals surface area contributed by atoms with Crippen molar-refractivity contribution in [3.63, 3.8) is 0 Å². The average Bonchev–Trinajstić information content (AvgIpc) is 3.00. The van der Waals surface area contributed by atoms with E-state index in [1.807, 2.05) is 9.80 Å². The van der Waals surface area contributed by atoms with E-state index in [9.17, 15) is 9.59 Å². The van der Waals surface area contributed by atoms with Gasteiger partial charge in [0, 0.05) is 38.3 Å². The molecule has 0 aromatic rings. The van der Waals surface area contributed by atoms with Gasteiger partial charge in [0.05, 0.1) is 0 Å². The molecule has 0 saturated heterocycles. The van der Waals surface area contributed by atoms with Gasteiger partial charge in [0.15, 0.2) is 0 Å². The van der Waals surface area contributed by atoms with Gasteiger partial charge in [0.1, 0.15) is 0 Å². The van der Waals surface area contributed by atoms with Crippen molar-refractivity contribution in [2.75, 3.05) is 52.4 Å². The van der Waals surface area contributed by atoms with Gasteiger partial charge < -0.3 is 31.1 Å². The van der Waals surface area contributed by atoms with Crippen LogP contribution in [0.4, 0.5) is 9.59 Å². The lowest BCUT2D eigenvalue weighted by Crippen LogP contribution is -2.49. The summed E-state index contributed by atoms with van der Waals surface area (Å²) in [6.07, 6.45) is 20.1. The lowest BCUT2D eigenvalue weighted by molar-refractivity contribution is 0.114. The number of nitrogens with zero attached hydrogens (tertiary/aromatic N) is 4. The minimum Gasteiger partial charge on any atom is -0.351 e. The molecule has 4 N–H and O–H groups in total. The molecule has 0 spiro atoms. The first-order valence-electron chi connectivity index (χ1n) is 18.4. The zero-order chi connectivity index (χ0) is 31.5. The van der Waals surface area contributed by atoms with Crippen LogP contribution in [0.5, 0.6) is 0 Å². The fourth-order valence-corrected chi connectivity index (χ4v) is 7.50. The summed E-state index contributed by atoms with van der Waals surface area (Å²) >= 11 is 0. The Labute approximate surface area is 265 Å². The molecule has 43 heavy (non-hydrogen) atoms. The Morgan fingerprint density at radius 2 is 0.791 bits per heavy atom. The molecule has 0 radical (unpaired) electrons. The fraction of sp³-hybridized carbons (Fsp3) is 0.943. The molecule has 2 fully saturated rings. The van der Waals surface area contributed by atoms with Gasteiger partial charge in [-0.1, -0.05) is 53.4 Å². The topological polar surface area (TPSA) is 99.1 Å². The number of rotatable bonds is 22. The molecule has 2 saturated carbocycles. The van der Waals surface area contributed by atoms with Crippen LogP contribution in [0.1, 0.15) is 137 Å². The van der Waals surface area contributed by atoms with E-state index >= 15 is 0 Å². The van der Waals surface area contributed by atoms with E-state index in [-0.39, 0.29) is 12.1 Å². The summed E-state index contributed by atoms with van der Waals surface area (Å²) in [5.41, 5.74) is 11.8. The quantitative estimate of drug-likeness (QED) is 0.138. The minimum absolute atomic E-state index is 0.245. The number of hydrogen-bond donors (Lipinski definition) is 2. The van der Waals surface area contributed by atoms with Crippen LogP contribution in [0.25, 0.3) is 0 Å².